The minimum absolute atomic E-state index is 0.686. The van der Waals surface area contributed by atoms with Crippen molar-refractivity contribution in [2.24, 2.45) is 17.8 Å². The molecule has 2 fully saturated rings. The molecule has 0 radical (unpaired) electrons. The van der Waals surface area contributed by atoms with Gasteiger partial charge in [0.25, 0.3) is 0 Å². The van der Waals surface area contributed by atoms with Gasteiger partial charge in [-0.1, -0.05) is 31.0 Å². The van der Waals surface area contributed by atoms with Crippen molar-refractivity contribution in [3.63, 3.8) is 0 Å². The first-order chi connectivity index (χ1) is 10.1. The van der Waals surface area contributed by atoms with Crippen molar-refractivity contribution < 1.29 is 0 Å². The van der Waals surface area contributed by atoms with Crippen molar-refractivity contribution in [2.45, 2.75) is 65.8 Å². The van der Waals surface area contributed by atoms with E-state index in [1.807, 2.05) is 0 Å². The summed E-state index contributed by atoms with van der Waals surface area (Å²) >= 11 is 0. The fourth-order valence-electron chi connectivity index (χ4n) is 5.18. The van der Waals surface area contributed by atoms with Crippen LogP contribution in [0.2, 0.25) is 0 Å². The Balaban J connectivity index is 1.79. The second kappa shape index (κ2) is 6.12. The third kappa shape index (κ3) is 3.04. The van der Waals surface area contributed by atoms with Gasteiger partial charge in [-0.3, -0.25) is 0 Å². The van der Waals surface area contributed by atoms with Gasteiger partial charge in [0.15, 0.2) is 0 Å². The van der Waals surface area contributed by atoms with Gasteiger partial charge in [-0.15, -0.1) is 0 Å². The fourth-order valence-corrected chi connectivity index (χ4v) is 5.18. The molecule has 2 aliphatic carbocycles. The average molecular weight is 285 g/mol. The van der Waals surface area contributed by atoms with Gasteiger partial charge >= 0.3 is 0 Å². The molecule has 3 rings (SSSR count). The third-order valence-electron chi connectivity index (χ3n) is 6.04. The molecular formula is C20H31N. The lowest BCUT2D eigenvalue weighted by Crippen LogP contribution is -2.40. The van der Waals surface area contributed by atoms with Gasteiger partial charge in [-0.05, 0) is 87.4 Å². The molecule has 2 aliphatic rings. The van der Waals surface area contributed by atoms with E-state index in [0.29, 0.717) is 6.04 Å². The first-order valence-electron chi connectivity index (χ1n) is 8.88. The van der Waals surface area contributed by atoms with Crippen molar-refractivity contribution in [1.82, 2.24) is 5.32 Å². The summed E-state index contributed by atoms with van der Waals surface area (Å²) in [5.41, 5.74) is 5.96. The van der Waals surface area contributed by atoms with Gasteiger partial charge in [0.1, 0.15) is 0 Å². The van der Waals surface area contributed by atoms with Crippen LogP contribution in [0.3, 0.4) is 0 Å². The monoisotopic (exact) mass is 285 g/mol. The Morgan fingerprint density at radius 2 is 1.81 bits per heavy atom. The van der Waals surface area contributed by atoms with E-state index in [4.69, 9.17) is 0 Å². The van der Waals surface area contributed by atoms with Crippen molar-refractivity contribution >= 4 is 0 Å². The van der Waals surface area contributed by atoms with Gasteiger partial charge in [0, 0.05) is 6.04 Å². The van der Waals surface area contributed by atoms with E-state index in [1.165, 1.54) is 48.8 Å². The molecule has 0 saturated heterocycles. The molecule has 1 nitrogen and oxygen atoms in total. The van der Waals surface area contributed by atoms with Crippen molar-refractivity contribution in [3.05, 3.63) is 34.4 Å². The molecule has 1 aromatic rings. The number of hydrogen-bond acceptors (Lipinski definition) is 1. The molecule has 116 valence electrons. The molecule has 2 bridgehead atoms. The maximum atomic E-state index is 3.83. The van der Waals surface area contributed by atoms with E-state index < -0.39 is 0 Å². The molecule has 0 spiro atoms. The summed E-state index contributed by atoms with van der Waals surface area (Å²) in [6, 6.07) is 5.39. The lowest BCUT2D eigenvalue weighted by molar-refractivity contribution is 0.248. The standard InChI is InChI=1S/C20H31N/c1-5-21-20(19-11-16-6-7-17(19)10-16)12-18-14(3)8-13(2)9-15(18)4/h8-9,16-17,19-21H,5-7,10-12H2,1-4H3. The van der Waals surface area contributed by atoms with Gasteiger partial charge in [-0.2, -0.15) is 0 Å². The molecule has 0 amide bonds. The first kappa shape index (κ1) is 15.1. The van der Waals surface area contributed by atoms with Crippen LogP contribution in [0.1, 0.15) is 54.9 Å². The Morgan fingerprint density at radius 3 is 2.33 bits per heavy atom. The van der Waals surface area contributed by atoms with E-state index in [9.17, 15) is 0 Å². The number of aryl methyl sites for hydroxylation is 3. The molecule has 1 aromatic carbocycles. The van der Waals surface area contributed by atoms with Crippen LogP contribution >= 0.6 is 0 Å². The Bertz CT molecular complexity index is 482. The maximum absolute atomic E-state index is 3.83. The number of nitrogens with one attached hydrogen (secondary N) is 1. The predicted octanol–water partition coefficient (Wildman–Crippen LogP) is 4.57. The highest BCUT2D eigenvalue weighted by molar-refractivity contribution is 5.38. The summed E-state index contributed by atoms with van der Waals surface area (Å²) in [7, 11) is 0. The number of benzene rings is 1. The number of fused-ring (bicyclic) bond motifs is 2. The van der Waals surface area contributed by atoms with E-state index in [1.54, 1.807) is 5.56 Å². The summed E-state index contributed by atoms with van der Waals surface area (Å²) in [6.07, 6.45) is 7.20. The molecule has 0 aromatic heterocycles. The van der Waals surface area contributed by atoms with E-state index in [0.717, 1.165) is 24.3 Å². The highest BCUT2D eigenvalue weighted by Crippen LogP contribution is 2.50. The first-order valence-corrected chi connectivity index (χ1v) is 8.88. The summed E-state index contributed by atoms with van der Waals surface area (Å²) < 4.78 is 0. The summed E-state index contributed by atoms with van der Waals surface area (Å²) in [5.74, 6) is 2.97. The van der Waals surface area contributed by atoms with Crippen molar-refractivity contribution in [2.75, 3.05) is 6.54 Å². The van der Waals surface area contributed by atoms with Gasteiger partial charge in [-0.25, -0.2) is 0 Å². The third-order valence-corrected chi connectivity index (χ3v) is 6.04. The molecule has 0 aliphatic heterocycles. The topological polar surface area (TPSA) is 12.0 Å². The predicted molar refractivity (Wildman–Crippen MR) is 90.8 cm³/mol. The highest BCUT2D eigenvalue weighted by Gasteiger charge is 2.42. The lowest BCUT2D eigenvalue weighted by atomic mass is 9.79. The Morgan fingerprint density at radius 1 is 1.10 bits per heavy atom. The van der Waals surface area contributed by atoms with Crippen LogP contribution in [-0.2, 0) is 6.42 Å². The molecule has 4 atom stereocenters. The molecule has 0 heterocycles. The van der Waals surface area contributed by atoms with Crippen LogP contribution in [0, 0.1) is 38.5 Å². The van der Waals surface area contributed by atoms with E-state index in [2.05, 4.69) is 45.1 Å². The number of rotatable bonds is 5. The van der Waals surface area contributed by atoms with Gasteiger partial charge < -0.3 is 5.32 Å². The summed E-state index contributed by atoms with van der Waals surface area (Å²) in [4.78, 5) is 0. The fraction of sp³-hybridized carbons (Fsp3) is 0.700. The Labute approximate surface area is 130 Å². The molecule has 4 unspecified atom stereocenters. The minimum atomic E-state index is 0.686. The number of likely N-dealkylation sites (N-methyl/N-ethyl adjacent to an activating group) is 1. The zero-order chi connectivity index (χ0) is 15.0. The molecule has 2 saturated carbocycles. The van der Waals surface area contributed by atoms with Gasteiger partial charge in [0.2, 0.25) is 0 Å². The molecule has 1 heteroatoms. The summed E-state index contributed by atoms with van der Waals surface area (Å²) in [5, 5.41) is 3.83. The maximum Gasteiger partial charge on any atom is 0.0139 e. The quantitative estimate of drug-likeness (QED) is 0.835. The Hall–Kier alpha value is -0.820. The minimum Gasteiger partial charge on any atom is -0.314 e. The zero-order valence-corrected chi connectivity index (χ0v) is 14.2. The van der Waals surface area contributed by atoms with Crippen molar-refractivity contribution in [3.8, 4) is 0 Å². The van der Waals surface area contributed by atoms with Crippen LogP contribution in [0.25, 0.3) is 0 Å². The Kier molecular flexibility index (Phi) is 4.40. The lowest BCUT2D eigenvalue weighted by Gasteiger charge is -2.32. The smallest absolute Gasteiger partial charge is 0.0139 e. The average Bonchev–Trinajstić information content (AvgIpc) is 3.04. The second-order valence-electron chi connectivity index (χ2n) is 7.58. The van der Waals surface area contributed by atoms with Crippen LogP contribution in [0.15, 0.2) is 12.1 Å². The SMILES string of the molecule is CCNC(Cc1c(C)cc(C)cc1C)C1CC2CCC1C2. The summed E-state index contributed by atoms with van der Waals surface area (Å²) in [6.45, 7) is 10.2. The normalized spacial score (nSPS) is 29.0. The van der Waals surface area contributed by atoms with Crippen molar-refractivity contribution in [1.29, 1.82) is 0 Å². The zero-order valence-electron chi connectivity index (χ0n) is 14.2. The molecule has 1 N–H and O–H groups in total. The number of hydrogen-bond donors (Lipinski definition) is 1. The van der Waals surface area contributed by atoms with E-state index in [-0.39, 0.29) is 0 Å². The molecular weight excluding hydrogens is 254 g/mol. The van der Waals surface area contributed by atoms with Crippen LogP contribution < -0.4 is 5.32 Å². The van der Waals surface area contributed by atoms with Gasteiger partial charge in [0.05, 0.1) is 0 Å². The van der Waals surface area contributed by atoms with Crippen LogP contribution in [0.5, 0.6) is 0 Å². The highest BCUT2D eigenvalue weighted by atomic mass is 14.9. The van der Waals surface area contributed by atoms with Crippen LogP contribution in [0.4, 0.5) is 0 Å². The van der Waals surface area contributed by atoms with E-state index >= 15 is 0 Å². The second-order valence-corrected chi connectivity index (χ2v) is 7.58. The van der Waals surface area contributed by atoms with Crippen LogP contribution in [-0.4, -0.2) is 12.6 Å². The largest absolute Gasteiger partial charge is 0.314 e. The molecule has 21 heavy (non-hydrogen) atoms.